The van der Waals surface area contributed by atoms with Gasteiger partial charge in [-0.1, -0.05) is 54.6 Å². The van der Waals surface area contributed by atoms with Crippen LogP contribution in [0.2, 0.25) is 0 Å². The number of piperidine rings is 1. The molecule has 25 heavy (non-hydrogen) atoms. The number of nitrogens with zero attached hydrogens (tertiary/aromatic N) is 1. The third kappa shape index (κ3) is 4.68. The van der Waals surface area contributed by atoms with E-state index in [0.29, 0.717) is 6.04 Å². The Kier molecular flexibility index (Phi) is 5.84. The second-order valence-corrected chi connectivity index (χ2v) is 6.89. The summed E-state index contributed by atoms with van der Waals surface area (Å²) >= 11 is 0. The number of hydrogen-bond acceptors (Lipinski definition) is 3. The molecule has 1 amide bonds. The van der Waals surface area contributed by atoms with Crippen LogP contribution in [0.15, 0.2) is 54.6 Å². The highest BCUT2D eigenvalue weighted by molar-refractivity contribution is 5.81. The van der Waals surface area contributed by atoms with Crippen molar-refractivity contribution in [3.63, 3.8) is 0 Å². The van der Waals surface area contributed by atoms with Crippen LogP contribution in [0, 0.1) is 6.92 Å². The fourth-order valence-corrected chi connectivity index (χ4v) is 3.51. The summed E-state index contributed by atoms with van der Waals surface area (Å²) < 4.78 is 0. The molecule has 0 unspecified atom stereocenters. The molecule has 1 fully saturated rings. The number of carbonyl (C=O) groups is 1. The topological polar surface area (TPSA) is 58.4 Å². The predicted molar refractivity (Wildman–Crippen MR) is 101 cm³/mol. The van der Waals surface area contributed by atoms with Crippen LogP contribution in [-0.2, 0) is 11.3 Å². The molecule has 1 aliphatic rings. The minimum absolute atomic E-state index is 0.312. The molecule has 1 saturated heterocycles. The Bertz CT molecular complexity index is 693. The number of carbonyl (C=O) groups excluding carboxylic acids is 1. The average Bonchev–Trinajstić information content (AvgIpc) is 2.63. The first kappa shape index (κ1) is 17.6. The van der Waals surface area contributed by atoms with Gasteiger partial charge in [0.15, 0.2) is 0 Å². The molecule has 0 spiro atoms. The van der Waals surface area contributed by atoms with Gasteiger partial charge in [0.25, 0.3) is 0 Å². The lowest BCUT2D eigenvalue weighted by Gasteiger charge is -2.34. The molecule has 4 heteroatoms. The summed E-state index contributed by atoms with van der Waals surface area (Å²) in [5.41, 5.74) is 9.31. The standard InChI is InChI=1S/C21H27N3O/c1-16-7-5-6-10-18(16)15-24-13-11-19(12-14-24)23-20(21(22)25)17-8-3-2-4-9-17/h2-10,19-20,23H,11-15H2,1H3,(H2,22,25)/t20-/m0/s1. The lowest BCUT2D eigenvalue weighted by Crippen LogP contribution is -2.46. The minimum atomic E-state index is -0.408. The van der Waals surface area contributed by atoms with Gasteiger partial charge in [-0.3, -0.25) is 15.0 Å². The SMILES string of the molecule is Cc1ccccc1CN1CCC(N[C@H](C(N)=O)c2ccccc2)CC1. The molecule has 0 aliphatic carbocycles. The Morgan fingerprint density at radius 3 is 2.40 bits per heavy atom. The number of nitrogens with two attached hydrogens (primary N) is 1. The normalized spacial score (nSPS) is 17.3. The molecule has 1 atom stereocenters. The van der Waals surface area contributed by atoms with Gasteiger partial charge in [0.1, 0.15) is 6.04 Å². The van der Waals surface area contributed by atoms with Crippen molar-refractivity contribution in [2.75, 3.05) is 13.1 Å². The molecule has 2 aromatic rings. The highest BCUT2D eigenvalue weighted by Gasteiger charge is 2.25. The summed E-state index contributed by atoms with van der Waals surface area (Å²) in [4.78, 5) is 14.4. The van der Waals surface area contributed by atoms with Crippen LogP contribution in [-0.4, -0.2) is 29.9 Å². The quantitative estimate of drug-likeness (QED) is 0.852. The number of primary amides is 1. The molecule has 2 aromatic carbocycles. The van der Waals surface area contributed by atoms with Crippen LogP contribution in [0.25, 0.3) is 0 Å². The van der Waals surface area contributed by atoms with Crippen molar-refractivity contribution in [2.24, 2.45) is 5.73 Å². The summed E-state index contributed by atoms with van der Waals surface area (Å²) in [6.07, 6.45) is 2.06. The molecular weight excluding hydrogens is 310 g/mol. The number of nitrogens with one attached hydrogen (secondary N) is 1. The van der Waals surface area contributed by atoms with Crippen molar-refractivity contribution < 1.29 is 4.79 Å². The molecule has 3 N–H and O–H groups in total. The maximum Gasteiger partial charge on any atom is 0.239 e. The van der Waals surface area contributed by atoms with Gasteiger partial charge < -0.3 is 5.73 Å². The van der Waals surface area contributed by atoms with E-state index >= 15 is 0 Å². The molecule has 132 valence electrons. The highest BCUT2D eigenvalue weighted by Crippen LogP contribution is 2.19. The van der Waals surface area contributed by atoms with Gasteiger partial charge in [0.05, 0.1) is 0 Å². The number of rotatable bonds is 6. The zero-order valence-corrected chi connectivity index (χ0v) is 14.8. The largest absolute Gasteiger partial charge is 0.368 e. The third-order valence-electron chi connectivity index (χ3n) is 5.06. The number of likely N-dealkylation sites (tertiary alicyclic amines) is 1. The van der Waals surface area contributed by atoms with Crippen molar-refractivity contribution in [1.29, 1.82) is 0 Å². The molecule has 4 nitrogen and oxygen atoms in total. The molecular formula is C21H27N3O. The summed E-state index contributed by atoms with van der Waals surface area (Å²) in [6, 6.07) is 18.2. The Morgan fingerprint density at radius 2 is 1.76 bits per heavy atom. The van der Waals surface area contributed by atoms with Crippen molar-refractivity contribution in [1.82, 2.24) is 10.2 Å². The number of hydrogen-bond donors (Lipinski definition) is 2. The molecule has 1 heterocycles. The Labute approximate surface area is 150 Å². The maximum atomic E-state index is 11.9. The van der Waals surface area contributed by atoms with E-state index in [1.807, 2.05) is 30.3 Å². The minimum Gasteiger partial charge on any atom is -0.368 e. The fraction of sp³-hybridized carbons (Fsp3) is 0.381. The van der Waals surface area contributed by atoms with Crippen LogP contribution >= 0.6 is 0 Å². The maximum absolute atomic E-state index is 11.9. The van der Waals surface area contributed by atoms with E-state index in [-0.39, 0.29) is 5.91 Å². The van der Waals surface area contributed by atoms with Crippen LogP contribution in [0.1, 0.15) is 35.6 Å². The van der Waals surface area contributed by atoms with Crippen LogP contribution in [0.5, 0.6) is 0 Å². The average molecular weight is 337 g/mol. The Balaban J connectivity index is 1.55. The first-order valence-corrected chi connectivity index (χ1v) is 9.00. The van der Waals surface area contributed by atoms with E-state index in [1.54, 1.807) is 0 Å². The first-order valence-electron chi connectivity index (χ1n) is 9.00. The Morgan fingerprint density at radius 1 is 1.12 bits per heavy atom. The van der Waals surface area contributed by atoms with E-state index < -0.39 is 6.04 Å². The molecule has 0 radical (unpaired) electrons. The van der Waals surface area contributed by atoms with Crippen molar-refractivity contribution in [3.05, 3.63) is 71.3 Å². The van der Waals surface area contributed by atoms with Crippen molar-refractivity contribution in [2.45, 2.75) is 38.4 Å². The van der Waals surface area contributed by atoms with Crippen LogP contribution in [0.3, 0.4) is 0 Å². The van der Waals surface area contributed by atoms with Gasteiger partial charge in [0, 0.05) is 12.6 Å². The van der Waals surface area contributed by atoms with Gasteiger partial charge in [-0.05, 0) is 49.5 Å². The molecule has 3 rings (SSSR count). The number of amides is 1. The van der Waals surface area contributed by atoms with Gasteiger partial charge in [-0.2, -0.15) is 0 Å². The smallest absolute Gasteiger partial charge is 0.239 e. The zero-order valence-electron chi connectivity index (χ0n) is 14.8. The number of benzene rings is 2. The molecule has 0 saturated carbocycles. The second-order valence-electron chi connectivity index (χ2n) is 6.89. The molecule has 0 bridgehead atoms. The van der Waals surface area contributed by atoms with Gasteiger partial charge in [-0.15, -0.1) is 0 Å². The lowest BCUT2D eigenvalue weighted by molar-refractivity contribution is -0.120. The van der Waals surface area contributed by atoms with Gasteiger partial charge in [0.2, 0.25) is 5.91 Å². The van der Waals surface area contributed by atoms with Gasteiger partial charge in [-0.25, -0.2) is 0 Å². The Hall–Kier alpha value is -2.17. The summed E-state index contributed by atoms with van der Waals surface area (Å²) in [7, 11) is 0. The van der Waals surface area contributed by atoms with Crippen LogP contribution in [0.4, 0.5) is 0 Å². The first-order chi connectivity index (χ1) is 12.1. The van der Waals surface area contributed by atoms with Gasteiger partial charge >= 0.3 is 0 Å². The van der Waals surface area contributed by atoms with E-state index in [0.717, 1.165) is 38.0 Å². The van der Waals surface area contributed by atoms with E-state index in [2.05, 4.69) is 41.4 Å². The summed E-state index contributed by atoms with van der Waals surface area (Å²) in [6.45, 7) is 5.23. The van der Waals surface area contributed by atoms with Crippen LogP contribution < -0.4 is 11.1 Å². The van der Waals surface area contributed by atoms with E-state index in [9.17, 15) is 4.79 Å². The lowest BCUT2D eigenvalue weighted by atomic mass is 9.99. The molecule has 1 aliphatic heterocycles. The third-order valence-corrected chi connectivity index (χ3v) is 5.06. The van der Waals surface area contributed by atoms with Crippen molar-refractivity contribution >= 4 is 5.91 Å². The monoisotopic (exact) mass is 337 g/mol. The summed E-state index contributed by atoms with van der Waals surface area (Å²) in [5, 5.41) is 3.47. The highest BCUT2D eigenvalue weighted by atomic mass is 16.1. The molecule has 0 aromatic heterocycles. The predicted octanol–water partition coefficient (Wildman–Crippen LogP) is 2.78. The van der Waals surface area contributed by atoms with E-state index in [1.165, 1.54) is 11.1 Å². The number of aryl methyl sites for hydroxylation is 1. The summed E-state index contributed by atoms with van der Waals surface area (Å²) in [5.74, 6) is -0.312. The van der Waals surface area contributed by atoms with E-state index in [4.69, 9.17) is 5.73 Å². The zero-order chi connectivity index (χ0) is 17.6. The second kappa shape index (κ2) is 8.28. The fourth-order valence-electron chi connectivity index (χ4n) is 3.51. The van der Waals surface area contributed by atoms with Crippen molar-refractivity contribution in [3.8, 4) is 0 Å².